The number of aromatic hydroxyl groups is 1. The second kappa shape index (κ2) is 2.40. The van der Waals surface area contributed by atoms with Gasteiger partial charge in [-0.15, -0.1) is 0 Å². The molecule has 0 radical (unpaired) electrons. The van der Waals surface area contributed by atoms with Crippen molar-refractivity contribution in [1.82, 2.24) is 4.90 Å². The van der Waals surface area contributed by atoms with Crippen molar-refractivity contribution in [3.63, 3.8) is 0 Å². The summed E-state index contributed by atoms with van der Waals surface area (Å²) >= 11 is 0. The van der Waals surface area contributed by atoms with Crippen LogP contribution in [-0.2, 0) is 6.51 Å². The van der Waals surface area contributed by atoms with Gasteiger partial charge >= 0.3 is 192 Å². The number of hydrogen-bond acceptors (Lipinski definition) is 3. The Labute approximate surface area is 191 Å². The molecule has 10 aliphatic heterocycles. The van der Waals surface area contributed by atoms with Crippen LogP contribution in [0.3, 0.4) is 0 Å². The molecule has 10 saturated heterocycles. The van der Waals surface area contributed by atoms with Crippen LogP contribution in [-0.4, -0.2) is 37.3 Å². The molecule has 4 heteroatoms. The molecule has 178 valence electrons. The van der Waals surface area contributed by atoms with E-state index in [0.29, 0.717) is 12.4 Å². The van der Waals surface area contributed by atoms with Gasteiger partial charge in [0.05, 0.1) is 0 Å². The summed E-state index contributed by atoms with van der Waals surface area (Å²) in [7, 11) is 4.17. The SMILES string of the molecule is CCC(=C(c1ccc(O)cc1)c1ccc(OCCN(C)C)cc1)[C]12[CH]3[CH]4[CH]5[CH]1[Fe]45321678[CH]2[CH]1[CH]6[CH]7[CH]28. The molecule has 4 unspecified atom stereocenters. The van der Waals surface area contributed by atoms with Crippen molar-refractivity contribution < 1.29 is 16.4 Å². The Balaban J connectivity index is 1.06. The van der Waals surface area contributed by atoms with Crippen LogP contribution >= 0.6 is 0 Å². The molecule has 34 heavy (non-hydrogen) atoms. The van der Waals surface area contributed by atoms with Gasteiger partial charge in [0.25, 0.3) is 0 Å². The van der Waals surface area contributed by atoms with Crippen molar-refractivity contribution in [2.24, 2.45) is 0 Å². The number of phenols is 1. The molecule has 0 saturated carbocycles. The van der Waals surface area contributed by atoms with Gasteiger partial charge < -0.3 is 0 Å². The zero-order valence-corrected chi connectivity index (χ0v) is 21.2. The maximum absolute atomic E-state index is 10.1. The number of phenolic OH excluding ortho intramolecular Hbond substituents is 1. The van der Waals surface area contributed by atoms with Crippen molar-refractivity contribution in [2.75, 3.05) is 27.2 Å². The molecule has 12 rings (SSSR count). The third kappa shape index (κ3) is 0.391. The summed E-state index contributed by atoms with van der Waals surface area (Å²) in [6.07, 6.45) is 1.21. The van der Waals surface area contributed by atoms with Crippen LogP contribution in [0.2, 0.25) is 47.7 Å². The topological polar surface area (TPSA) is 32.7 Å². The Hall–Kier alpha value is -1.74. The van der Waals surface area contributed by atoms with E-state index in [0.717, 1.165) is 16.6 Å². The van der Waals surface area contributed by atoms with Crippen molar-refractivity contribution >= 4 is 5.57 Å². The number of benzene rings is 2. The van der Waals surface area contributed by atoms with E-state index in [1.165, 1.54) is 66.5 Å². The molecule has 1 spiro atoms. The molecular formula is C30H33FeNO2. The summed E-state index contributed by atoms with van der Waals surface area (Å²) in [6.45, 7) is 0.815. The van der Waals surface area contributed by atoms with Crippen molar-refractivity contribution in [2.45, 2.75) is 61.0 Å². The average Bonchev–Trinajstić information content (AvgIpc) is 3.77. The van der Waals surface area contributed by atoms with Gasteiger partial charge in [-0.25, -0.2) is 0 Å². The monoisotopic (exact) mass is 495 g/mol. The predicted molar refractivity (Wildman–Crippen MR) is 131 cm³/mol. The molecule has 0 amide bonds. The zero-order chi connectivity index (χ0) is 22.5. The summed E-state index contributed by atoms with van der Waals surface area (Å²) in [5.74, 6) is 1.33. The average molecular weight is 495 g/mol. The number of hydrogen-bond donors (Lipinski definition) is 1. The molecule has 0 bridgehead atoms. The van der Waals surface area contributed by atoms with Crippen LogP contribution in [0, 0.1) is 0 Å². The first-order chi connectivity index (χ1) is 16.3. The van der Waals surface area contributed by atoms with E-state index in [1.807, 2.05) is 17.7 Å². The van der Waals surface area contributed by atoms with E-state index >= 15 is 0 Å². The predicted octanol–water partition coefficient (Wildman–Crippen LogP) is 7.30. The fourth-order valence-electron chi connectivity index (χ4n) is 19.9. The van der Waals surface area contributed by atoms with Gasteiger partial charge in [0.2, 0.25) is 0 Å². The third-order valence-electron chi connectivity index (χ3n) is 18.9. The Morgan fingerprint density at radius 2 is 1.38 bits per heavy atom. The molecule has 10 aliphatic rings. The second-order valence-corrected chi connectivity index (χ2v) is 39.2. The summed E-state index contributed by atoms with van der Waals surface area (Å²) in [4.78, 5) is 14.0. The van der Waals surface area contributed by atoms with Crippen LogP contribution in [0.5, 0.6) is 11.5 Å². The van der Waals surface area contributed by atoms with Gasteiger partial charge in [-0.2, -0.15) is 0 Å². The molecule has 0 aromatic heterocycles. The fraction of sp³-hybridized carbons (Fsp3) is 0.533. The molecule has 3 nitrogen and oxygen atoms in total. The van der Waals surface area contributed by atoms with Gasteiger partial charge in [-0.1, -0.05) is 0 Å². The van der Waals surface area contributed by atoms with E-state index in [-0.39, 0.29) is 0 Å². The summed E-state index contributed by atoms with van der Waals surface area (Å²) in [6, 6.07) is 17.1. The van der Waals surface area contributed by atoms with Crippen molar-refractivity contribution in [3.05, 3.63) is 65.2 Å². The molecule has 1 N–H and O–H groups in total. The normalized spacial score (nSPS) is 66.3. The first-order valence-electron chi connectivity index (χ1n) is 13.4. The van der Waals surface area contributed by atoms with E-state index in [2.05, 4.69) is 62.3 Å². The Bertz CT molecular complexity index is 1700. The molecule has 2 aromatic carbocycles. The van der Waals surface area contributed by atoms with Crippen LogP contribution < -0.4 is 4.74 Å². The number of fused-ring (bicyclic) bond motifs is 10. The summed E-state index contributed by atoms with van der Waals surface area (Å²) in [5.41, 5.74) is 6.08. The van der Waals surface area contributed by atoms with E-state index in [4.69, 9.17) is 4.74 Å². The molecular weight excluding hydrogens is 462 g/mol. The number of allylic oxidation sites excluding steroid dienone is 1. The molecule has 2 aromatic rings. The quantitative estimate of drug-likeness (QED) is 0.390. The van der Waals surface area contributed by atoms with E-state index < -0.39 is 6.51 Å². The molecule has 10 heterocycles. The van der Waals surface area contributed by atoms with Crippen molar-refractivity contribution in [3.8, 4) is 11.5 Å². The Morgan fingerprint density at radius 1 is 0.853 bits per heavy atom. The standard InChI is InChI=1S/C25H28NO2.C5H5.Fe/c1-4-24(19-7-5-6-8-19)25(20-9-13-22(27)14-10-20)21-11-15-23(16-12-21)28-18-17-26(2)3;1-2-4-5-3-1;/h5-16,27H,4,17-18H2,1-3H3;1-5H;. The van der Waals surface area contributed by atoms with E-state index in [9.17, 15) is 5.11 Å². The van der Waals surface area contributed by atoms with Crippen LogP contribution in [0.4, 0.5) is 0 Å². The number of nitrogens with zero attached hydrogens (tertiary/aromatic N) is 1. The maximum atomic E-state index is 10.1. The summed E-state index contributed by atoms with van der Waals surface area (Å²) in [5, 5.41) is 10.1. The van der Waals surface area contributed by atoms with Crippen molar-refractivity contribution in [1.29, 1.82) is 0 Å². The Morgan fingerprint density at radius 3 is 1.79 bits per heavy atom. The van der Waals surface area contributed by atoms with Crippen LogP contribution in [0.1, 0.15) is 24.5 Å². The molecule has 4 atom stereocenters. The van der Waals surface area contributed by atoms with E-state index in [1.54, 1.807) is 0 Å². The minimum absolute atomic E-state index is 0.365. The van der Waals surface area contributed by atoms with Gasteiger partial charge in [0.15, 0.2) is 0 Å². The van der Waals surface area contributed by atoms with Gasteiger partial charge in [-0.3, -0.25) is 0 Å². The first kappa shape index (κ1) is 16.8. The van der Waals surface area contributed by atoms with Gasteiger partial charge in [0.1, 0.15) is 0 Å². The minimum atomic E-state index is -3.29. The second-order valence-electron chi connectivity index (χ2n) is 15.6. The molecule has 10 fully saturated rings. The third-order valence-corrected chi connectivity index (χ3v) is 61.3. The summed E-state index contributed by atoms with van der Waals surface area (Å²) < 4.78 is 6.78. The zero-order valence-electron chi connectivity index (χ0n) is 20.1. The number of rotatable bonds is 8. The van der Waals surface area contributed by atoms with Gasteiger partial charge in [-0.05, 0) is 0 Å². The number of ether oxygens (including phenoxy) is 1. The van der Waals surface area contributed by atoms with Gasteiger partial charge in [0, 0.05) is 0 Å². The van der Waals surface area contributed by atoms with Crippen LogP contribution in [0.25, 0.3) is 5.57 Å². The fourth-order valence-corrected chi connectivity index (χ4v) is 94.4. The number of likely N-dealkylation sites (N-methyl/N-ethyl adjacent to an activating group) is 1. The van der Waals surface area contributed by atoms with Crippen LogP contribution in [0.15, 0.2) is 54.1 Å². The first-order valence-corrected chi connectivity index (χ1v) is 19.7. The molecule has 0 aliphatic carbocycles. The Kier molecular flexibility index (Phi) is 1.19.